The highest BCUT2D eigenvalue weighted by Crippen LogP contribution is 2.32. The third kappa shape index (κ3) is 2.26. The summed E-state index contributed by atoms with van der Waals surface area (Å²) in [5.41, 5.74) is 0.774. The van der Waals surface area contributed by atoms with Gasteiger partial charge in [0, 0.05) is 12.1 Å². The van der Waals surface area contributed by atoms with E-state index in [1.54, 1.807) is 12.0 Å². The van der Waals surface area contributed by atoms with Crippen molar-refractivity contribution in [3.05, 3.63) is 24.3 Å². The lowest BCUT2D eigenvalue weighted by molar-refractivity contribution is -0.123. The molecule has 1 N–H and O–H groups in total. The summed E-state index contributed by atoms with van der Waals surface area (Å²) in [6.07, 6.45) is 4.26. The molecule has 0 bridgehead atoms. The van der Waals surface area contributed by atoms with Gasteiger partial charge in [0.2, 0.25) is 5.91 Å². The van der Waals surface area contributed by atoms with Crippen molar-refractivity contribution in [3.8, 4) is 5.75 Å². The first-order chi connectivity index (χ1) is 9.70. The molecule has 1 aromatic carbocycles. The first kappa shape index (κ1) is 13.4. The van der Waals surface area contributed by atoms with Gasteiger partial charge in [-0.3, -0.25) is 9.69 Å². The van der Waals surface area contributed by atoms with Crippen molar-refractivity contribution in [2.75, 3.05) is 12.0 Å². The highest BCUT2D eigenvalue weighted by Gasteiger charge is 2.40. The molecule has 3 rings (SSSR count). The summed E-state index contributed by atoms with van der Waals surface area (Å²) in [5, 5.41) is 3.84. The van der Waals surface area contributed by atoms with E-state index in [-0.39, 0.29) is 17.9 Å². The number of thiocarbonyl (C=S) groups is 1. The van der Waals surface area contributed by atoms with E-state index in [2.05, 4.69) is 5.32 Å². The molecule has 2 fully saturated rings. The molecule has 20 heavy (non-hydrogen) atoms. The van der Waals surface area contributed by atoms with Crippen LogP contribution in [0.3, 0.4) is 0 Å². The van der Waals surface area contributed by atoms with E-state index in [4.69, 9.17) is 17.0 Å². The summed E-state index contributed by atoms with van der Waals surface area (Å²) in [5.74, 6) is 0.886. The molecule has 1 heterocycles. The van der Waals surface area contributed by atoms with Crippen LogP contribution in [0.15, 0.2) is 24.3 Å². The van der Waals surface area contributed by atoms with Crippen molar-refractivity contribution in [2.24, 2.45) is 5.92 Å². The van der Waals surface area contributed by atoms with Gasteiger partial charge in [0.05, 0.1) is 18.7 Å². The minimum absolute atomic E-state index is 0.0432. The van der Waals surface area contributed by atoms with Gasteiger partial charge in [-0.05, 0) is 37.2 Å². The van der Waals surface area contributed by atoms with Crippen LogP contribution >= 0.6 is 12.2 Å². The molecule has 4 nitrogen and oxygen atoms in total. The van der Waals surface area contributed by atoms with Gasteiger partial charge < -0.3 is 10.1 Å². The topological polar surface area (TPSA) is 41.6 Å². The number of methoxy groups -OCH3 is 1. The highest BCUT2D eigenvalue weighted by molar-refractivity contribution is 7.80. The normalized spacial score (nSPS) is 25.9. The Morgan fingerprint density at radius 2 is 2.15 bits per heavy atom. The number of carbonyl (C=O) groups is 1. The minimum atomic E-state index is 0.0432. The maximum Gasteiger partial charge on any atom is 0.238 e. The molecule has 1 aliphatic carbocycles. The highest BCUT2D eigenvalue weighted by atomic mass is 32.1. The van der Waals surface area contributed by atoms with E-state index in [1.165, 1.54) is 6.42 Å². The standard InChI is InChI=1S/C15H18N2O2S/c1-19-11-6-4-5-10(9-11)17-14(18)12-7-2-3-8-13(12)16-15(17)20/h4-6,9,12-13H,2-3,7-8H2,1H3,(H,16,20). The van der Waals surface area contributed by atoms with Crippen LogP contribution in [0.1, 0.15) is 25.7 Å². The van der Waals surface area contributed by atoms with Gasteiger partial charge in [0.15, 0.2) is 5.11 Å². The molecule has 106 valence electrons. The molecule has 5 heteroatoms. The number of anilines is 1. The van der Waals surface area contributed by atoms with Crippen molar-refractivity contribution >= 4 is 28.9 Å². The Labute approximate surface area is 124 Å². The van der Waals surface area contributed by atoms with Crippen molar-refractivity contribution in [1.82, 2.24) is 5.32 Å². The van der Waals surface area contributed by atoms with E-state index in [0.717, 1.165) is 30.7 Å². The number of rotatable bonds is 2. The second-order valence-corrected chi connectivity index (χ2v) is 5.71. The molecule has 0 radical (unpaired) electrons. The quantitative estimate of drug-likeness (QED) is 0.850. The Hall–Kier alpha value is -1.62. The maximum atomic E-state index is 12.7. The van der Waals surface area contributed by atoms with Gasteiger partial charge >= 0.3 is 0 Å². The predicted octanol–water partition coefficient (Wildman–Crippen LogP) is 2.48. The molecule has 1 amide bonds. The zero-order valence-electron chi connectivity index (χ0n) is 11.5. The van der Waals surface area contributed by atoms with E-state index >= 15 is 0 Å². The van der Waals surface area contributed by atoms with Crippen LogP contribution in [-0.2, 0) is 4.79 Å². The van der Waals surface area contributed by atoms with Gasteiger partial charge in [0.25, 0.3) is 0 Å². The second-order valence-electron chi connectivity index (χ2n) is 5.32. The molecule has 2 aliphatic rings. The monoisotopic (exact) mass is 290 g/mol. The third-order valence-corrected chi connectivity index (χ3v) is 4.43. The van der Waals surface area contributed by atoms with Crippen LogP contribution in [0.2, 0.25) is 0 Å². The number of amides is 1. The molecule has 2 atom stereocenters. The fourth-order valence-corrected chi connectivity index (χ4v) is 3.43. The number of hydrogen-bond acceptors (Lipinski definition) is 3. The van der Waals surface area contributed by atoms with Crippen molar-refractivity contribution in [2.45, 2.75) is 31.7 Å². The van der Waals surface area contributed by atoms with E-state index < -0.39 is 0 Å². The fourth-order valence-electron chi connectivity index (χ4n) is 3.08. The molecule has 0 spiro atoms. The number of benzene rings is 1. The van der Waals surface area contributed by atoms with E-state index in [0.29, 0.717) is 5.11 Å². The number of carbonyl (C=O) groups excluding carboxylic acids is 1. The van der Waals surface area contributed by atoms with Gasteiger partial charge in [0.1, 0.15) is 5.75 Å². The molecule has 1 saturated heterocycles. The number of fused-ring (bicyclic) bond motifs is 1. The molecule has 2 unspecified atom stereocenters. The van der Waals surface area contributed by atoms with E-state index in [1.807, 2.05) is 24.3 Å². The molecular formula is C15H18N2O2S. The van der Waals surface area contributed by atoms with Gasteiger partial charge in [-0.2, -0.15) is 0 Å². The van der Waals surface area contributed by atoms with Crippen molar-refractivity contribution in [1.29, 1.82) is 0 Å². The maximum absolute atomic E-state index is 12.7. The second kappa shape index (κ2) is 5.40. The van der Waals surface area contributed by atoms with Crippen LogP contribution in [0.4, 0.5) is 5.69 Å². The Morgan fingerprint density at radius 3 is 2.95 bits per heavy atom. The summed E-state index contributed by atoms with van der Waals surface area (Å²) in [6, 6.07) is 7.67. The third-order valence-electron chi connectivity index (χ3n) is 4.13. The number of nitrogens with one attached hydrogen (secondary N) is 1. The largest absolute Gasteiger partial charge is 0.497 e. The average Bonchev–Trinajstić information content (AvgIpc) is 2.47. The summed E-state index contributed by atoms with van der Waals surface area (Å²) in [4.78, 5) is 14.3. The van der Waals surface area contributed by atoms with Crippen LogP contribution in [0.5, 0.6) is 5.75 Å². The van der Waals surface area contributed by atoms with Crippen LogP contribution < -0.4 is 15.0 Å². The first-order valence-corrected chi connectivity index (χ1v) is 7.40. The van der Waals surface area contributed by atoms with Gasteiger partial charge in [-0.25, -0.2) is 0 Å². The SMILES string of the molecule is COc1cccc(N2C(=O)C3CCCCC3NC2=S)c1. The summed E-state index contributed by atoms with van der Waals surface area (Å²) in [6.45, 7) is 0. The molecule has 0 aromatic heterocycles. The minimum Gasteiger partial charge on any atom is -0.497 e. The zero-order chi connectivity index (χ0) is 14.1. The Kier molecular flexibility index (Phi) is 3.61. The molecule has 1 aromatic rings. The number of ether oxygens (including phenoxy) is 1. The average molecular weight is 290 g/mol. The van der Waals surface area contributed by atoms with Crippen LogP contribution in [-0.4, -0.2) is 24.2 Å². The Balaban J connectivity index is 1.91. The van der Waals surface area contributed by atoms with Gasteiger partial charge in [-0.1, -0.05) is 18.9 Å². The molecular weight excluding hydrogens is 272 g/mol. The Bertz CT molecular complexity index is 546. The van der Waals surface area contributed by atoms with Gasteiger partial charge in [-0.15, -0.1) is 0 Å². The summed E-state index contributed by atoms with van der Waals surface area (Å²) < 4.78 is 5.22. The summed E-state index contributed by atoms with van der Waals surface area (Å²) >= 11 is 5.39. The lowest BCUT2D eigenvalue weighted by Gasteiger charge is -2.41. The lowest BCUT2D eigenvalue weighted by atomic mass is 9.82. The van der Waals surface area contributed by atoms with Crippen LogP contribution in [0, 0.1) is 5.92 Å². The van der Waals surface area contributed by atoms with Crippen LogP contribution in [0.25, 0.3) is 0 Å². The Morgan fingerprint density at radius 1 is 1.35 bits per heavy atom. The smallest absolute Gasteiger partial charge is 0.238 e. The zero-order valence-corrected chi connectivity index (χ0v) is 12.3. The van der Waals surface area contributed by atoms with Crippen molar-refractivity contribution in [3.63, 3.8) is 0 Å². The lowest BCUT2D eigenvalue weighted by Crippen LogP contribution is -2.61. The van der Waals surface area contributed by atoms with E-state index in [9.17, 15) is 4.79 Å². The molecule has 1 aliphatic heterocycles. The first-order valence-electron chi connectivity index (χ1n) is 6.99. The van der Waals surface area contributed by atoms with Crippen molar-refractivity contribution < 1.29 is 9.53 Å². The fraction of sp³-hybridized carbons (Fsp3) is 0.467. The number of hydrogen-bond donors (Lipinski definition) is 1. The number of nitrogens with zero attached hydrogens (tertiary/aromatic N) is 1. The summed E-state index contributed by atoms with van der Waals surface area (Å²) in [7, 11) is 1.62. The predicted molar refractivity (Wildman–Crippen MR) is 82.0 cm³/mol. The molecule has 1 saturated carbocycles.